The molecule has 12 heavy (non-hydrogen) atoms. The quantitative estimate of drug-likeness (QED) is 0.600. The van der Waals surface area contributed by atoms with Gasteiger partial charge >= 0.3 is 0 Å². The minimum absolute atomic E-state index is 0.875. The Bertz CT molecular complexity index is 152. The Morgan fingerprint density at radius 2 is 2.00 bits per heavy atom. The Balaban J connectivity index is 1.76. The molecule has 2 atom stereocenters. The van der Waals surface area contributed by atoms with E-state index in [0.29, 0.717) is 0 Å². The predicted octanol–water partition coefficient (Wildman–Crippen LogP) is 2.20. The topological polar surface area (TPSA) is 3.24 Å². The van der Waals surface area contributed by atoms with Crippen LogP contribution in [0.4, 0.5) is 0 Å². The normalized spacial score (nSPS) is 38.5. The highest BCUT2D eigenvalue weighted by Gasteiger charge is 2.42. The molecule has 0 spiro atoms. The Labute approximate surface area is 80.1 Å². The van der Waals surface area contributed by atoms with Crippen LogP contribution >= 0.6 is 11.6 Å². The van der Waals surface area contributed by atoms with Crippen LogP contribution in [0.5, 0.6) is 0 Å². The van der Waals surface area contributed by atoms with E-state index in [9.17, 15) is 0 Å². The lowest BCUT2D eigenvalue weighted by Gasteiger charge is -2.29. The third kappa shape index (κ3) is 1.77. The molecular weight excluding hydrogens is 170 g/mol. The number of piperidine rings is 1. The van der Waals surface area contributed by atoms with Crippen LogP contribution in [0.3, 0.4) is 0 Å². The summed E-state index contributed by atoms with van der Waals surface area (Å²) in [5.41, 5.74) is 0. The third-order valence-corrected chi connectivity index (χ3v) is 3.94. The van der Waals surface area contributed by atoms with E-state index in [1.165, 1.54) is 32.4 Å². The van der Waals surface area contributed by atoms with E-state index in [4.69, 9.17) is 11.6 Å². The first-order valence-electron chi connectivity index (χ1n) is 5.05. The number of hydrogen-bond donors (Lipinski definition) is 0. The molecule has 2 rings (SSSR count). The molecule has 0 aromatic carbocycles. The molecule has 2 aliphatic rings. The van der Waals surface area contributed by atoms with Crippen molar-refractivity contribution in [2.24, 2.45) is 17.8 Å². The van der Waals surface area contributed by atoms with Crippen molar-refractivity contribution in [1.82, 2.24) is 4.90 Å². The van der Waals surface area contributed by atoms with Crippen LogP contribution in [-0.2, 0) is 0 Å². The monoisotopic (exact) mass is 187 g/mol. The fourth-order valence-corrected chi connectivity index (χ4v) is 2.84. The molecule has 0 aromatic heterocycles. The van der Waals surface area contributed by atoms with E-state index in [-0.39, 0.29) is 0 Å². The zero-order valence-electron chi connectivity index (χ0n) is 7.80. The Kier molecular flexibility index (Phi) is 2.61. The summed E-state index contributed by atoms with van der Waals surface area (Å²) in [6.45, 7) is 2.60. The fraction of sp³-hybridized carbons (Fsp3) is 1.00. The minimum Gasteiger partial charge on any atom is -0.306 e. The van der Waals surface area contributed by atoms with Crippen LogP contribution in [0.15, 0.2) is 0 Å². The molecule has 2 unspecified atom stereocenters. The molecule has 0 radical (unpaired) electrons. The smallest absolute Gasteiger partial charge is 0.0254 e. The second kappa shape index (κ2) is 3.55. The van der Waals surface area contributed by atoms with Crippen LogP contribution in [0.1, 0.15) is 19.3 Å². The molecule has 0 bridgehead atoms. The van der Waals surface area contributed by atoms with E-state index < -0.39 is 0 Å². The lowest BCUT2D eigenvalue weighted by Crippen LogP contribution is -2.31. The molecule has 1 saturated heterocycles. The Morgan fingerprint density at radius 1 is 1.33 bits per heavy atom. The van der Waals surface area contributed by atoms with Crippen molar-refractivity contribution >= 4 is 11.6 Å². The van der Waals surface area contributed by atoms with E-state index in [1.807, 2.05) is 0 Å². The molecule has 1 saturated carbocycles. The first-order chi connectivity index (χ1) is 5.81. The van der Waals surface area contributed by atoms with Gasteiger partial charge in [0.1, 0.15) is 0 Å². The van der Waals surface area contributed by atoms with Gasteiger partial charge in [0.15, 0.2) is 0 Å². The van der Waals surface area contributed by atoms with Gasteiger partial charge < -0.3 is 4.90 Å². The molecule has 1 heterocycles. The van der Waals surface area contributed by atoms with Crippen LogP contribution in [0.25, 0.3) is 0 Å². The Morgan fingerprint density at radius 3 is 2.50 bits per heavy atom. The van der Waals surface area contributed by atoms with Crippen molar-refractivity contribution < 1.29 is 0 Å². The number of likely N-dealkylation sites (tertiary alicyclic amines) is 1. The number of alkyl halides is 1. The average molecular weight is 188 g/mol. The van der Waals surface area contributed by atoms with Gasteiger partial charge in [-0.3, -0.25) is 0 Å². The third-order valence-electron chi connectivity index (χ3n) is 3.54. The van der Waals surface area contributed by atoms with Crippen molar-refractivity contribution in [2.75, 3.05) is 26.0 Å². The highest BCUT2D eigenvalue weighted by molar-refractivity contribution is 6.18. The van der Waals surface area contributed by atoms with Crippen molar-refractivity contribution in [3.05, 3.63) is 0 Å². The first-order valence-corrected chi connectivity index (χ1v) is 5.59. The summed E-state index contributed by atoms with van der Waals surface area (Å²) >= 11 is 5.83. The fourth-order valence-electron chi connectivity index (χ4n) is 2.48. The summed E-state index contributed by atoms with van der Waals surface area (Å²) < 4.78 is 0. The molecule has 1 nitrogen and oxygen atoms in total. The van der Waals surface area contributed by atoms with Crippen molar-refractivity contribution in [1.29, 1.82) is 0 Å². The van der Waals surface area contributed by atoms with Crippen molar-refractivity contribution in [3.63, 3.8) is 0 Å². The van der Waals surface area contributed by atoms with E-state index in [0.717, 1.165) is 23.6 Å². The summed E-state index contributed by atoms with van der Waals surface area (Å²) in [6, 6.07) is 0. The number of hydrogen-bond acceptors (Lipinski definition) is 1. The maximum Gasteiger partial charge on any atom is 0.0254 e. The van der Waals surface area contributed by atoms with Gasteiger partial charge in [-0.1, -0.05) is 0 Å². The lowest BCUT2D eigenvalue weighted by atomic mass is 9.91. The number of rotatable bonds is 2. The average Bonchev–Trinajstić information content (AvgIpc) is 2.85. The molecule has 2 fully saturated rings. The second-order valence-electron chi connectivity index (χ2n) is 4.45. The van der Waals surface area contributed by atoms with Gasteiger partial charge in [0.25, 0.3) is 0 Å². The second-order valence-corrected chi connectivity index (χ2v) is 4.76. The number of nitrogens with zero attached hydrogens (tertiary/aromatic N) is 1. The van der Waals surface area contributed by atoms with Crippen LogP contribution in [0, 0.1) is 17.8 Å². The molecule has 1 aliphatic carbocycles. The molecule has 2 heteroatoms. The van der Waals surface area contributed by atoms with E-state index >= 15 is 0 Å². The van der Waals surface area contributed by atoms with Gasteiger partial charge in [0.05, 0.1) is 0 Å². The van der Waals surface area contributed by atoms with E-state index in [1.54, 1.807) is 0 Å². The number of halogens is 1. The summed E-state index contributed by atoms with van der Waals surface area (Å²) in [6.07, 6.45) is 4.24. The largest absolute Gasteiger partial charge is 0.306 e. The summed E-state index contributed by atoms with van der Waals surface area (Å²) in [5, 5.41) is 0. The van der Waals surface area contributed by atoms with Gasteiger partial charge in [-0.2, -0.15) is 0 Å². The van der Waals surface area contributed by atoms with Crippen molar-refractivity contribution in [2.45, 2.75) is 19.3 Å². The van der Waals surface area contributed by atoms with Crippen LogP contribution in [0.2, 0.25) is 0 Å². The molecular formula is C10H18ClN. The minimum atomic E-state index is 0.875. The molecule has 70 valence electrons. The van der Waals surface area contributed by atoms with Crippen molar-refractivity contribution in [3.8, 4) is 0 Å². The molecule has 0 N–H and O–H groups in total. The van der Waals surface area contributed by atoms with Gasteiger partial charge in [0, 0.05) is 5.88 Å². The highest BCUT2D eigenvalue weighted by Crippen LogP contribution is 2.48. The zero-order chi connectivity index (χ0) is 8.55. The first kappa shape index (κ1) is 8.83. The summed E-state index contributed by atoms with van der Waals surface area (Å²) in [7, 11) is 2.22. The highest BCUT2D eigenvalue weighted by atomic mass is 35.5. The van der Waals surface area contributed by atoms with E-state index in [2.05, 4.69) is 11.9 Å². The Hall–Kier alpha value is 0.250. The molecule has 1 aliphatic heterocycles. The SMILES string of the molecule is CN1CCC(C2CC2CCl)CC1. The van der Waals surface area contributed by atoms with Crippen LogP contribution < -0.4 is 0 Å². The maximum absolute atomic E-state index is 5.83. The standard InChI is InChI=1S/C10H18ClN/c1-12-4-2-8(3-5-12)10-6-9(10)7-11/h8-10H,2-7H2,1H3. The molecule has 0 amide bonds. The van der Waals surface area contributed by atoms with Gasteiger partial charge in [-0.05, 0) is 57.2 Å². The summed E-state index contributed by atoms with van der Waals surface area (Å²) in [5.74, 6) is 3.78. The zero-order valence-corrected chi connectivity index (χ0v) is 8.56. The van der Waals surface area contributed by atoms with Gasteiger partial charge in [-0.25, -0.2) is 0 Å². The summed E-state index contributed by atoms with van der Waals surface area (Å²) in [4.78, 5) is 2.44. The van der Waals surface area contributed by atoms with Crippen LogP contribution in [-0.4, -0.2) is 30.9 Å². The van der Waals surface area contributed by atoms with Gasteiger partial charge in [-0.15, -0.1) is 11.6 Å². The molecule has 0 aromatic rings. The van der Waals surface area contributed by atoms with Gasteiger partial charge in [0.2, 0.25) is 0 Å². The lowest BCUT2D eigenvalue weighted by molar-refractivity contribution is 0.200. The maximum atomic E-state index is 5.83. The predicted molar refractivity (Wildman–Crippen MR) is 52.5 cm³/mol.